The molecule has 4 aromatic rings. The summed E-state index contributed by atoms with van der Waals surface area (Å²) in [5, 5.41) is 11.7. The SMILES string of the molecule is Nc1ccc(Cl)c(COc2cccnc2)c1.O=[N+]([O-])c1ccc(Cl)c(COc2cccnc2)c1. The van der Waals surface area contributed by atoms with E-state index in [1.54, 1.807) is 55.1 Å². The number of rotatable bonds is 7. The van der Waals surface area contributed by atoms with Crippen molar-refractivity contribution in [1.29, 1.82) is 0 Å². The molecule has 0 aliphatic rings. The van der Waals surface area contributed by atoms with Crippen molar-refractivity contribution >= 4 is 34.6 Å². The van der Waals surface area contributed by atoms with Crippen molar-refractivity contribution in [2.75, 3.05) is 5.73 Å². The third-order valence-electron chi connectivity index (χ3n) is 4.37. The van der Waals surface area contributed by atoms with E-state index in [0.29, 0.717) is 39.4 Å². The van der Waals surface area contributed by atoms with E-state index in [0.717, 1.165) is 5.56 Å². The van der Waals surface area contributed by atoms with E-state index in [1.165, 1.54) is 18.2 Å². The molecule has 0 unspecified atom stereocenters. The van der Waals surface area contributed by atoms with Gasteiger partial charge in [-0.2, -0.15) is 0 Å². The second kappa shape index (κ2) is 12.4. The van der Waals surface area contributed by atoms with Gasteiger partial charge in [0.1, 0.15) is 24.7 Å². The average molecular weight is 499 g/mol. The molecule has 0 saturated heterocycles. The number of benzene rings is 2. The Kier molecular flexibility index (Phi) is 9.02. The number of non-ortho nitro benzene ring substituents is 1. The molecule has 0 saturated carbocycles. The van der Waals surface area contributed by atoms with Crippen molar-refractivity contribution in [3.63, 3.8) is 0 Å². The third-order valence-corrected chi connectivity index (χ3v) is 5.10. The van der Waals surface area contributed by atoms with E-state index in [1.807, 2.05) is 12.1 Å². The maximum atomic E-state index is 10.7. The lowest BCUT2D eigenvalue weighted by molar-refractivity contribution is -0.384. The van der Waals surface area contributed by atoms with Gasteiger partial charge in [0.2, 0.25) is 0 Å². The summed E-state index contributed by atoms with van der Waals surface area (Å²) in [6.45, 7) is 0.543. The summed E-state index contributed by atoms with van der Waals surface area (Å²) in [5.41, 5.74) is 7.77. The van der Waals surface area contributed by atoms with Crippen molar-refractivity contribution < 1.29 is 14.4 Å². The summed E-state index contributed by atoms with van der Waals surface area (Å²) in [4.78, 5) is 18.0. The van der Waals surface area contributed by atoms with Gasteiger partial charge in [-0.1, -0.05) is 23.2 Å². The van der Waals surface area contributed by atoms with Crippen molar-refractivity contribution in [3.05, 3.63) is 117 Å². The molecule has 0 radical (unpaired) electrons. The highest BCUT2D eigenvalue weighted by atomic mass is 35.5. The summed E-state index contributed by atoms with van der Waals surface area (Å²) < 4.78 is 11.0. The number of ether oxygens (including phenoxy) is 2. The molecule has 8 nitrogen and oxygen atoms in total. The van der Waals surface area contributed by atoms with Crippen molar-refractivity contribution in [3.8, 4) is 11.5 Å². The number of nitro benzene ring substituents is 1. The van der Waals surface area contributed by atoms with Crippen molar-refractivity contribution in [1.82, 2.24) is 9.97 Å². The van der Waals surface area contributed by atoms with Crippen LogP contribution in [0.5, 0.6) is 11.5 Å². The second-order valence-corrected chi connectivity index (χ2v) is 7.65. The standard InChI is InChI=1S/C12H9ClN2O3.C12H11ClN2O/c13-12-4-3-10(15(16)17)6-9(12)8-18-11-2-1-5-14-7-11;13-12-4-3-10(14)6-9(12)8-16-11-2-1-5-15-7-11/h1-7H,8H2;1-7H,8,14H2. The number of anilines is 1. The highest BCUT2D eigenvalue weighted by molar-refractivity contribution is 6.31. The van der Waals surface area contributed by atoms with Crippen LogP contribution in [0.1, 0.15) is 11.1 Å². The molecule has 0 atom stereocenters. The molecule has 0 aliphatic carbocycles. The van der Waals surface area contributed by atoms with E-state index >= 15 is 0 Å². The van der Waals surface area contributed by atoms with Gasteiger partial charge in [0.05, 0.1) is 17.3 Å². The molecule has 0 bridgehead atoms. The van der Waals surface area contributed by atoms with Crippen LogP contribution < -0.4 is 15.2 Å². The molecule has 4 rings (SSSR count). The second-order valence-electron chi connectivity index (χ2n) is 6.84. The van der Waals surface area contributed by atoms with Gasteiger partial charge in [-0.05, 0) is 48.5 Å². The minimum atomic E-state index is -0.468. The average Bonchev–Trinajstić information content (AvgIpc) is 2.85. The smallest absolute Gasteiger partial charge is 0.269 e. The van der Waals surface area contributed by atoms with Crippen LogP contribution in [0.4, 0.5) is 11.4 Å². The Balaban J connectivity index is 0.000000192. The van der Waals surface area contributed by atoms with Gasteiger partial charge in [0.25, 0.3) is 5.69 Å². The van der Waals surface area contributed by atoms with Crippen LogP contribution in [0.15, 0.2) is 85.5 Å². The van der Waals surface area contributed by atoms with E-state index in [-0.39, 0.29) is 12.3 Å². The molecule has 2 aromatic carbocycles. The van der Waals surface area contributed by atoms with Gasteiger partial charge in [0.15, 0.2) is 0 Å². The van der Waals surface area contributed by atoms with E-state index in [4.69, 9.17) is 38.4 Å². The number of nitrogens with zero attached hydrogens (tertiary/aromatic N) is 3. The minimum Gasteiger partial charge on any atom is -0.487 e. The Hall–Kier alpha value is -3.88. The minimum absolute atomic E-state index is 0.0100. The first-order chi connectivity index (χ1) is 16.4. The Morgan fingerprint density at radius 3 is 1.85 bits per heavy atom. The maximum Gasteiger partial charge on any atom is 0.269 e. The zero-order valence-corrected chi connectivity index (χ0v) is 19.3. The summed E-state index contributed by atoms with van der Waals surface area (Å²) in [5.74, 6) is 1.29. The van der Waals surface area contributed by atoms with Crippen LogP contribution in [-0.4, -0.2) is 14.9 Å². The number of pyridine rings is 2. The fraction of sp³-hybridized carbons (Fsp3) is 0.0833. The number of halogens is 2. The summed E-state index contributed by atoms with van der Waals surface area (Å²) in [7, 11) is 0. The van der Waals surface area contributed by atoms with Gasteiger partial charge >= 0.3 is 0 Å². The first-order valence-corrected chi connectivity index (χ1v) is 10.7. The Labute approximate surface area is 206 Å². The molecule has 34 heavy (non-hydrogen) atoms. The number of nitrogen functional groups attached to an aromatic ring is 1. The van der Waals surface area contributed by atoms with Crippen LogP contribution in [0, 0.1) is 10.1 Å². The van der Waals surface area contributed by atoms with Gasteiger partial charge in [-0.25, -0.2) is 0 Å². The highest BCUT2D eigenvalue weighted by Gasteiger charge is 2.10. The predicted octanol–water partition coefficient (Wildman–Crippen LogP) is 6.12. The van der Waals surface area contributed by atoms with Gasteiger partial charge in [-0.3, -0.25) is 20.1 Å². The Morgan fingerprint density at radius 2 is 1.35 bits per heavy atom. The van der Waals surface area contributed by atoms with E-state index < -0.39 is 4.92 Å². The molecule has 10 heteroatoms. The number of aromatic nitrogens is 2. The number of nitrogens with two attached hydrogens (primary N) is 1. The first kappa shape index (κ1) is 24.8. The molecule has 0 amide bonds. The summed E-state index contributed by atoms with van der Waals surface area (Å²) in [6, 6.07) is 16.7. The van der Waals surface area contributed by atoms with E-state index in [9.17, 15) is 10.1 Å². The third kappa shape index (κ3) is 7.61. The van der Waals surface area contributed by atoms with Gasteiger partial charge in [-0.15, -0.1) is 0 Å². The molecule has 2 N–H and O–H groups in total. The molecule has 0 fully saturated rings. The molecule has 2 heterocycles. The van der Waals surface area contributed by atoms with Crippen LogP contribution in [0.3, 0.4) is 0 Å². The Morgan fingerprint density at radius 1 is 0.824 bits per heavy atom. The van der Waals surface area contributed by atoms with Crippen LogP contribution >= 0.6 is 23.2 Å². The number of nitro groups is 1. The topological polar surface area (TPSA) is 113 Å². The van der Waals surface area contributed by atoms with Crippen molar-refractivity contribution in [2.45, 2.75) is 13.2 Å². The van der Waals surface area contributed by atoms with Crippen LogP contribution in [0.25, 0.3) is 0 Å². The Bertz CT molecular complexity index is 1230. The summed E-state index contributed by atoms with van der Waals surface area (Å²) >= 11 is 12.0. The fourth-order valence-corrected chi connectivity index (χ4v) is 3.02. The normalized spacial score (nSPS) is 10.1. The highest BCUT2D eigenvalue weighted by Crippen LogP contribution is 2.23. The molecular formula is C24H20Cl2N4O4. The van der Waals surface area contributed by atoms with E-state index in [2.05, 4.69) is 9.97 Å². The maximum absolute atomic E-state index is 10.7. The lowest BCUT2D eigenvalue weighted by Gasteiger charge is -2.07. The predicted molar refractivity (Wildman–Crippen MR) is 131 cm³/mol. The number of hydrogen-bond acceptors (Lipinski definition) is 7. The quantitative estimate of drug-likeness (QED) is 0.185. The van der Waals surface area contributed by atoms with Crippen LogP contribution in [-0.2, 0) is 13.2 Å². The zero-order valence-electron chi connectivity index (χ0n) is 17.8. The van der Waals surface area contributed by atoms with Gasteiger partial charge < -0.3 is 15.2 Å². The molecular weight excluding hydrogens is 479 g/mol. The van der Waals surface area contributed by atoms with Gasteiger partial charge in [0, 0.05) is 51.4 Å². The molecule has 0 aliphatic heterocycles. The zero-order chi connectivity index (χ0) is 24.3. The number of hydrogen-bond donors (Lipinski definition) is 1. The lowest BCUT2D eigenvalue weighted by Crippen LogP contribution is -1.98. The summed E-state index contributed by atoms with van der Waals surface area (Å²) in [6.07, 6.45) is 6.54. The molecule has 0 spiro atoms. The fourth-order valence-electron chi connectivity index (χ4n) is 2.68. The first-order valence-electron chi connectivity index (χ1n) is 9.94. The van der Waals surface area contributed by atoms with Crippen molar-refractivity contribution in [2.24, 2.45) is 0 Å². The lowest BCUT2D eigenvalue weighted by atomic mass is 10.2. The molecule has 174 valence electrons. The monoisotopic (exact) mass is 498 g/mol. The molecule has 2 aromatic heterocycles. The van der Waals surface area contributed by atoms with Crippen LogP contribution in [0.2, 0.25) is 10.0 Å². The largest absolute Gasteiger partial charge is 0.487 e.